The van der Waals surface area contributed by atoms with Crippen molar-refractivity contribution in [3.8, 4) is 22.9 Å². The molecular weight excluding hydrogens is 438 g/mol. The first kappa shape index (κ1) is 27.9. The number of nitrogens with zero attached hydrogens (tertiary/aromatic N) is 2. The minimum absolute atomic E-state index is 0.0379. The number of pyridine rings is 2. The summed E-state index contributed by atoms with van der Waals surface area (Å²) in [4.78, 5) is 8.67. The Bertz CT molecular complexity index is 933. The minimum atomic E-state index is -2.79. The normalized spacial score (nSPS) is 15.3. The van der Waals surface area contributed by atoms with Crippen molar-refractivity contribution in [3.63, 3.8) is 0 Å². The van der Waals surface area contributed by atoms with Gasteiger partial charge in [0.1, 0.15) is 30.4 Å². The number of unbranched alkanes of at least 4 members (excludes halogenated alkanes) is 1. The zero-order chi connectivity index (χ0) is 25.5. The molecule has 8 heteroatoms. The number of aromatic nitrogens is 2. The molecule has 0 unspecified atom stereocenters. The van der Waals surface area contributed by atoms with E-state index in [0.29, 0.717) is 35.4 Å². The number of aryl methyl sites for hydroxylation is 1. The number of hydrogen-bond donors (Lipinski definition) is 2. The Labute approximate surface area is 202 Å². The standard InChI is InChI=1S/C26H40F2N4O2/c1-7-8-13-25(5,29)15-34-22-12-10-20(32-23(22)24(27)28)19-9-11-21(18(4)31-19)33-16-26(6,30)14-17(2)3/h9-12,17,24H,7-8,13-16,29-30H2,1-6H3/t25-,26-/m0/s1. The van der Waals surface area contributed by atoms with Gasteiger partial charge in [-0.1, -0.05) is 33.6 Å². The van der Waals surface area contributed by atoms with E-state index < -0.39 is 23.2 Å². The van der Waals surface area contributed by atoms with E-state index in [-0.39, 0.29) is 12.4 Å². The first-order valence-corrected chi connectivity index (χ1v) is 11.9. The highest BCUT2D eigenvalue weighted by Crippen LogP contribution is 2.31. The van der Waals surface area contributed by atoms with Crippen LogP contribution in [0.5, 0.6) is 11.5 Å². The molecule has 0 spiro atoms. The van der Waals surface area contributed by atoms with Gasteiger partial charge >= 0.3 is 0 Å². The van der Waals surface area contributed by atoms with Crippen molar-refractivity contribution >= 4 is 0 Å². The van der Waals surface area contributed by atoms with Crippen LogP contribution in [-0.4, -0.2) is 34.3 Å². The summed E-state index contributed by atoms with van der Waals surface area (Å²) in [5.74, 6) is 1.10. The van der Waals surface area contributed by atoms with Gasteiger partial charge in [-0.25, -0.2) is 18.7 Å². The molecule has 0 aliphatic carbocycles. The number of halogens is 2. The van der Waals surface area contributed by atoms with E-state index in [1.807, 2.05) is 13.8 Å². The van der Waals surface area contributed by atoms with Gasteiger partial charge in [0.15, 0.2) is 0 Å². The van der Waals surface area contributed by atoms with Crippen molar-refractivity contribution in [1.82, 2.24) is 9.97 Å². The lowest BCUT2D eigenvalue weighted by atomic mass is 9.93. The monoisotopic (exact) mass is 478 g/mol. The topological polar surface area (TPSA) is 96.3 Å². The number of ether oxygens (including phenoxy) is 2. The van der Waals surface area contributed by atoms with Crippen LogP contribution in [0.2, 0.25) is 0 Å². The first-order valence-electron chi connectivity index (χ1n) is 11.9. The second kappa shape index (κ2) is 11.9. The predicted octanol–water partition coefficient (Wildman–Crippen LogP) is 5.82. The van der Waals surface area contributed by atoms with E-state index in [2.05, 4.69) is 30.7 Å². The van der Waals surface area contributed by atoms with E-state index in [9.17, 15) is 8.78 Å². The smallest absolute Gasteiger partial charge is 0.284 e. The third-order valence-electron chi connectivity index (χ3n) is 5.48. The molecule has 2 aromatic heterocycles. The average Bonchev–Trinajstić information content (AvgIpc) is 2.74. The van der Waals surface area contributed by atoms with E-state index in [1.165, 1.54) is 6.07 Å². The van der Waals surface area contributed by atoms with E-state index >= 15 is 0 Å². The van der Waals surface area contributed by atoms with Crippen molar-refractivity contribution in [3.05, 3.63) is 35.7 Å². The molecule has 6 nitrogen and oxygen atoms in total. The zero-order valence-electron chi connectivity index (χ0n) is 21.3. The molecule has 34 heavy (non-hydrogen) atoms. The molecule has 2 aromatic rings. The molecule has 0 fully saturated rings. The Hall–Kier alpha value is -2.32. The number of nitrogens with two attached hydrogens (primary N) is 2. The molecule has 0 radical (unpaired) electrons. The van der Waals surface area contributed by atoms with E-state index in [0.717, 1.165) is 25.7 Å². The van der Waals surface area contributed by atoms with Gasteiger partial charge in [-0.15, -0.1) is 0 Å². The highest BCUT2D eigenvalue weighted by molar-refractivity contribution is 5.57. The summed E-state index contributed by atoms with van der Waals surface area (Å²) in [6, 6.07) is 6.61. The van der Waals surface area contributed by atoms with Crippen molar-refractivity contribution in [2.24, 2.45) is 17.4 Å². The van der Waals surface area contributed by atoms with Gasteiger partial charge in [-0.05, 0) is 63.8 Å². The summed E-state index contributed by atoms with van der Waals surface area (Å²) in [5, 5.41) is 0. The second-order valence-electron chi connectivity index (χ2n) is 10.2. The summed E-state index contributed by atoms with van der Waals surface area (Å²) in [7, 11) is 0. The molecule has 0 saturated carbocycles. The van der Waals surface area contributed by atoms with Crippen LogP contribution in [0.1, 0.15) is 78.1 Å². The third-order valence-corrected chi connectivity index (χ3v) is 5.48. The zero-order valence-corrected chi connectivity index (χ0v) is 21.3. The summed E-state index contributed by atoms with van der Waals surface area (Å²) in [6.07, 6.45) is 0.736. The molecule has 0 amide bonds. The van der Waals surface area contributed by atoms with Crippen LogP contribution in [0.4, 0.5) is 8.78 Å². The van der Waals surface area contributed by atoms with Crippen LogP contribution >= 0.6 is 0 Å². The van der Waals surface area contributed by atoms with Crippen molar-refractivity contribution in [2.75, 3.05) is 13.2 Å². The Balaban J connectivity index is 2.17. The fourth-order valence-electron chi connectivity index (χ4n) is 3.86. The molecule has 0 bridgehead atoms. The maximum Gasteiger partial charge on any atom is 0.284 e. The lowest BCUT2D eigenvalue weighted by Gasteiger charge is -2.27. The highest BCUT2D eigenvalue weighted by Gasteiger charge is 2.24. The van der Waals surface area contributed by atoms with Crippen molar-refractivity contribution in [1.29, 1.82) is 0 Å². The van der Waals surface area contributed by atoms with Gasteiger partial charge in [-0.2, -0.15) is 0 Å². The molecule has 4 N–H and O–H groups in total. The first-order chi connectivity index (χ1) is 15.8. The number of rotatable bonds is 13. The van der Waals surface area contributed by atoms with Crippen molar-refractivity contribution < 1.29 is 18.3 Å². The molecule has 190 valence electrons. The summed E-state index contributed by atoms with van der Waals surface area (Å²) in [5.41, 5.74) is 12.5. The van der Waals surface area contributed by atoms with Gasteiger partial charge in [-0.3, -0.25) is 0 Å². The number of hydrogen-bond acceptors (Lipinski definition) is 6. The lowest BCUT2D eigenvalue weighted by molar-refractivity contribution is 0.135. The highest BCUT2D eigenvalue weighted by atomic mass is 19.3. The van der Waals surface area contributed by atoms with Gasteiger partial charge in [0, 0.05) is 11.1 Å². The predicted molar refractivity (Wildman–Crippen MR) is 132 cm³/mol. The molecule has 2 rings (SSSR count). The van der Waals surface area contributed by atoms with Gasteiger partial charge in [0.25, 0.3) is 6.43 Å². The fraction of sp³-hybridized carbons (Fsp3) is 0.615. The molecule has 0 aliphatic heterocycles. The number of alkyl halides is 2. The lowest BCUT2D eigenvalue weighted by Crippen LogP contribution is -2.43. The molecule has 2 atom stereocenters. The fourth-order valence-corrected chi connectivity index (χ4v) is 3.86. The molecule has 0 aromatic carbocycles. The van der Waals surface area contributed by atoms with Crippen LogP contribution in [0.15, 0.2) is 24.3 Å². The Morgan fingerprint density at radius 2 is 1.47 bits per heavy atom. The second-order valence-corrected chi connectivity index (χ2v) is 10.2. The maximum atomic E-state index is 13.8. The van der Waals surface area contributed by atoms with Crippen LogP contribution in [0.25, 0.3) is 11.4 Å². The summed E-state index contributed by atoms with van der Waals surface area (Å²) >= 11 is 0. The molecule has 2 heterocycles. The maximum absolute atomic E-state index is 13.8. The summed E-state index contributed by atoms with van der Waals surface area (Å²) in [6.45, 7) is 12.4. The van der Waals surface area contributed by atoms with Gasteiger partial charge < -0.3 is 20.9 Å². The minimum Gasteiger partial charge on any atom is -0.490 e. The molecular formula is C26H40F2N4O2. The Morgan fingerprint density at radius 3 is 2.03 bits per heavy atom. The Morgan fingerprint density at radius 1 is 0.912 bits per heavy atom. The van der Waals surface area contributed by atoms with E-state index in [4.69, 9.17) is 20.9 Å². The largest absolute Gasteiger partial charge is 0.490 e. The van der Waals surface area contributed by atoms with Crippen molar-refractivity contribution in [2.45, 2.75) is 84.7 Å². The van der Waals surface area contributed by atoms with Crippen LogP contribution in [0, 0.1) is 12.8 Å². The van der Waals surface area contributed by atoms with Gasteiger partial charge in [0.2, 0.25) is 0 Å². The van der Waals surface area contributed by atoms with Gasteiger partial charge in [0.05, 0.1) is 17.1 Å². The third kappa shape index (κ3) is 8.47. The average molecular weight is 479 g/mol. The van der Waals surface area contributed by atoms with Crippen LogP contribution < -0.4 is 20.9 Å². The SMILES string of the molecule is CCCC[C@](C)(N)COc1ccc(-c2ccc(OC[C@@](C)(N)CC(C)C)c(C)n2)nc1C(F)F. The quantitative estimate of drug-likeness (QED) is 0.377. The Kier molecular flexibility index (Phi) is 9.76. The molecule has 0 saturated heterocycles. The van der Waals surface area contributed by atoms with Crippen LogP contribution in [-0.2, 0) is 0 Å². The van der Waals surface area contributed by atoms with E-state index in [1.54, 1.807) is 25.1 Å². The van der Waals surface area contributed by atoms with Crippen LogP contribution in [0.3, 0.4) is 0 Å². The summed E-state index contributed by atoms with van der Waals surface area (Å²) < 4.78 is 39.1. The molecule has 0 aliphatic rings.